The lowest BCUT2D eigenvalue weighted by Crippen LogP contribution is -2.31. The maximum Gasteiger partial charge on any atom is 0.255 e. The second-order valence-corrected chi connectivity index (χ2v) is 7.62. The van der Waals surface area contributed by atoms with Gasteiger partial charge in [-0.05, 0) is 37.6 Å². The highest BCUT2D eigenvalue weighted by atomic mass is 16.5. The molecule has 0 bridgehead atoms. The summed E-state index contributed by atoms with van der Waals surface area (Å²) in [4.78, 5) is 18.1. The Labute approximate surface area is 192 Å². The van der Waals surface area contributed by atoms with Crippen molar-refractivity contribution in [3.05, 3.63) is 71.2 Å². The number of nitrogens with zero attached hydrogens (tertiary/aromatic N) is 3. The minimum atomic E-state index is -0.582. The molecule has 1 aromatic heterocycles. The Morgan fingerprint density at radius 1 is 1.18 bits per heavy atom. The van der Waals surface area contributed by atoms with Gasteiger partial charge in [0, 0.05) is 36.0 Å². The molecule has 172 valence electrons. The Bertz CT molecular complexity index is 1170. The molecule has 0 fully saturated rings. The van der Waals surface area contributed by atoms with E-state index in [-0.39, 0.29) is 12.5 Å². The van der Waals surface area contributed by atoms with E-state index in [0.717, 1.165) is 5.56 Å². The van der Waals surface area contributed by atoms with Crippen molar-refractivity contribution in [1.82, 2.24) is 14.8 Å². The molecular formula is C24H27N5O4. The van der Waals surface area contributed by atoms with Crippen LogP contribution in [0.25, 0.3) is 0 Å². The number of amides is 1. The van der Waals surface area contributed by atoms with Crippen molar-refractivity contribution in [2.75, 3.05) is 31.5 Å². The summed E-state index contributed by atoms with van der Waals surface area (Å²) in [5.74, 6) is 2.06. The van der Waals surface area contributed by atoms with Crippen LogP contribution in [0.1, 0.15) is 30.8 Å². The SMILES string of the molecule is COc1ccc(C2C(C(=O)Nc3ccccc3)=C(C)Nc3nc(CCCO)nn32)c(OC)c1. The number of fused-ring (bicyclic) bond motifs is 1. The van der Waals surface area contributed by atoms with Crippen molar-refractivity contribution >= 4 is 17.5 Å². The van der Waals surface area contributed by atoms with E-state index in [2.05, 4.69) is 20.7 Å². The highest BCUT2D eigenvalue weighted by molar-refractivity contribution is 6.06. The van der Waals surface area contributed by atoms with Gasteiger partial charge in [0.25, 0.3) is 5.91 Å². The molecule has 3 aromatic rings. The standard InChI is InChI=1S/C24H27N5O4/c1-15-21(23(31)26-16-8-5-4-6-9-16)22(18-12-11-17(32-2)14-19(18)33-3)29-24(25-15)27-20(28-29)10-7-13-30/h4-6,8-9,11-12,14,22,30H,7,10,13H2,1-3H3,(H,26,31)(H,25,27,28). The average molecular weight is 450 g/mol. The number of hydrogen-bond acceptors (Lipinski definition) is 7. The Kier molecular flexibility index (Phi) is 6.60. The van der Waals surface area contributed by atoms with Crippen LogP contribution in [0.15, 0.2) is 59.8 Å². The first kappa shape index (κ1) is 22.3. The Hall–Kier alpha value is -3.85. The van der Waals surface area contributed by atoms with Crippen LogP contribution < -0.4 is 20.1 Å². The summed E-state index contributed by atoms with van der Waals surface area (Å²) in [6, 6.07) is 14.2. The number of ether oxygens (including phenoxy) is 2. The lowest BCUT2D eigenvalue weighted by molar-refractivity contribution is -0.113. The Balaban J connectivity index is 1.82. The van der Waals surface area contributed by atoms with E-state index in [4.69, 9.17) is 9.47 Å². The second-order valence-electron chi connectivity index (χ2n) is 7.62. The molecule has 0 radical (unpaired) electrons. The number of methoxy groups -OCH3 is 2. The quantitative estimate of drug-likeness (QED) is 0.484. The molecule has 1 amide bonds. The van der Waals surface area contributed by atoms with Gasteiger partial charge < -0.3 is 25.2 Å². The Morgan fingerprint density at radius 3 is 2.67 bits per heavy atom. The number of para-hydroxylation sites is 1. The molecule has 1 aliphatic rings. The van der Waals surface area contributed by atoms with Crippen molar-refractivity contribution < 1.29 is 19.4 Å². The van der Waals surface area contributed by atoms with Crippen LogP contribution in [0.4, 0.5) is 11.6 Å². The molecule has 9 heteroatoms. The van der Waals surface area contributed by atoms with E-state index in [9.17, 15) is 9.90 Å². The number of benzene rings is 2. The van der Waals surface area contributed by atoms with Crippen LogP contribution in [0.3, 0.4) is 0 Å². The van der Waals surface area contributed by atoms with E-state index in [1.165, 1.54) is 0 Å². The fourth-order valence-electron chi connectivity index (χ4n) is 3.88. The third-order valence-electron chi connectivity index (χ3n) is 5.47. The van der Waals surface area contributed by atoms with Crippen molar-refractivity contribution in [3.8, 4) is 11.5 Å². The van der Waals surface area contributed by atoms with Gasteiger partial charge in [-0.3, -0.25) is 4.79 Å². The summed E-state index contributed by atoms with van der Waals surface area (Å²) in [5.41, 5.74) is 2.60. The van der Waals surface area contributed by atoms with Gasteiger partial charge in [0.15, 0.2) is 5.82 Å². The summed E-state index contributed by atoms with van der Waals surface area (Å²) < 4.78 is 12.7. The van der Waals surface area contributed by atoms with E-state index in [1.807, 2.05) is 49.4 Å². The van der Waals surface area contributed by atoms with Crippen LogP contribution in [0, 0.1) is 0 Å². The van der Waals surface area contributed by atoms with Gasteiger partial charge in [-0.2, -0.15) is 10.1 Å². The molecule has 1 aliphatic heterocycles. The van der Waals surface area contributed by atoms with Crippen molar-refractivity contribution in [2.45, 2.75) is 25.8 Å². The largest absolute Gasteiger partial charge is 0.497 e. The number of allylic oxidation sites excluding steroid dienone is 1. The number of carbonyl (C=O) groups is 1. The van der Waals surface area contributed by atoms with Crippen molar-refractivity contribution in [2.24, 2.45) is 0 Å². The molecule has 0 saturated heterocycles. The van der Waals surface area contributed by atoms with Crippen LogP contribution in [0.5, 0.6) is 11.5 Å². The fraction of sp³-hybridized carbons (Fsp3) is 0.292. The summed E-state index contributed by atoms with van der Waals surface area (Å²) in [5, 5.41) is 20.1. The van der Waals surface area contributed by atoms with Gasteiger partial charge in [-0.15, -0.1) is 0 Å². The van der Waals surface area contributed by atoms with Gasteiger partial charge >= 0.3 is 0 Å². The van der Waals surface area contributed by atoms with Gasteiger partial charge in [0.2, 0.25) is 5.95 Å². The normalized spacial score (nSPS) is 15.0. The summed E-state index contributed by atoms with van der Waals surface area (Å²) in [7, 11) is 3.17. The van der Waals surface area contributed by atoms with E-state index in [0.29, 0.717) is 53.1 Å². The number of hydrogen-bond donors (Lipinski definition) is 3. The smallest absolute Gasteiger partial charge is 0.255 e. The topological polar surface area (TPSA) is 111 Å². The number of aromatic nitrogens is 3. The summed E-state index contributed by atoms with van der Waals surface area (Å²) >= 11 is 0. The molecule has 3 N–H and O–H groups in total. The summed E-state index contributed by atoms with van der Waals surface area (Å²) in [6.07, 6.45) is 1.07. The number of rotatable bonds is 8. The number of aliphatic hydroxyl groups is 1. The lowest BCUT2D eigenvalue weighted by Gasteiger charge is -2.29. The maximum atomic E-state index is 13.5. The van der Waals surface area contributed by atoms with Gasteiger partial charge in [0.05, 0.1) is 19.8 Å². The number of aliphatic hydroxyl groups excluding tert-OH is 1. The predicted octanol–water partition coefficient (Wildman–Crippen LogP) is 3.15. The first-order valence-electron chi connectivity index (χ1n) is 10.7. The van der Waals surface area contributed by atoms with Crippen LogP contribution in [0.2, 0.25) is 0 Å². The van der Waals surface area contributed by atoms with Gasteiger partial charge in [0.1, 0.15) is 17.5 Å². The van der Waals surface area contributed by atoms with Gasteiger partial charge in [-0.25, -0.2) is 4.68 Å². The summed E-state index contributed by atoms with van der Waals surface area (Å²) in [6.45, 7) is 1.89. The first-order valence-corrected chi connectivity index (χ1v) is 10.7. The molecule has 9 nitrogen and oxygen atoms in total. The number of nitrogens with one attached hydrogen (secondary N) is 2. The fourth-order valence-corrected chi connectivity index (χ4v) is 3.88. The lowest BCUT2D eigenvalue weighted by atomic mass is 9.94. The van der Waals surface area contributed by atoms with Crippen LogP contribution in [-0.2, 0) is 11.2 Å². The molecule has 33 heavy (non-hydrogen) atoms. The van der Waals surface area contributed by atoms with Crippen molar-refractivity contribution in [3.63, 3.8) is 0 Å². The van der Waals surface area contributed by atoms with Crippen LogP contribution in [-0.4, -0.2) is 46.6 Å². The third-order valence-corrected chi connectivity index (χ3v) is 5.47. The van der Waals surface area contributed by atoms with E-state index >= 15 is 0 Å². The zero-order valence-electron chi connectivity index (χ0n) is 18.8. The van der Waals surface area contributed by atoms with Crippen molar-refractivity contribution in [1.29, 1.82) is 0 Å². The molecule has 2 aromatic carbocycles. The zero-order valence-corrected chi connectivity index (χ0v) is 18.8. The Morgan fingerprint density at radius 2 is 1.97 bits per heavy atom. The monoisotopic (exact) mass is 449 g/mol. The molecule has 2 heterocycles. The predicted molar refractivity (Wildman–Crippen MR) is 125 cm³/mol. The zero-order chi connectivity index (χ0) is 23.4. The minimum Gasteiger partial charge on any atom is -0.497 e. The molecule has 0 aliphatic carbocycles. The molecular weight excluding hydrogens is 422 g/mol. The highest BCUT2D eigenvalue weighted by Gasteiger charge is 2.36. The minimum absolute atomic E-state index is 0.0506. The van der Waals surface area contributed by atoms with E-state index < -0.39 is 6.04 Å². The first-order chi connectivity index (χ1) is 16.0. The molecule has 4 rings (SSSR count). The van der Waals surface area contributed by atoms with E-state index in [1.54, 1.807) is 25.0 Å². The number of carbonyl (C=O) groups excluding carboxylic acids is 1. The van der Waals surface area contributed by atoms with Gasteiger partial charge in [-0.1, -0.05) is 18.2 Å². The third kappa shape index (κ3) is 4.54. The molecule has 0 saturated carbocycles. The second kappa shape index (κ2) is 9.74. The average Bonchev–Trinajstić information content (AvgIpc) is 3.24. The highest BCUT2D eigenvalue weighted by Crippen LogP contribution is 2.40. The molecule has 1 atom stereocenters. The molecule has 0 spiro atoms. The number of anilines is 2. The molecule has 1 unspecified atom stereocenters. The number of aryl methyl sites for hydroxylation is 1. The maximum absolute atomic E-state index is 13.5. The van der Waals surface area contributed by atoms with Crippen LogP contribution >= 0.6 is 0 Å².